The standard InChI is InChI=1S/C13H17BrO3/c1-3-7-17-12-6-5-10(8-11(12)14)9-13(15)16-4-2/h5-6,8H,3-4,7,9H2,1-2H3. The van der Waals surface area contributed by atoms with Crippen molar-refractivity contribution >= 4 is 21.9 Å². The molecule has 0 spiro atoms. The van der Waals surface area contributed by atoms with Crippen LogP contribution in [0.2, 0.25) is 0 Å². The number of halogens is 1. The number of hydrogen-bond acceptors (Lipinski definition) is 3. The fraction of sp³-hybridized carbons (Fsp3) is 0.462. The number of ether oxygens (including phenoxy) is 2. The van der Waals surface area contributed by atoms with Gasteiger partial charge in [-0.3, -0.25) is 4.79 Å². The molecule has 0 aliphatic rings. The van der Waals surface area contributed by atoms with Crippen LogP contribution in [0.5, 0.6) is 5.75 Å². The molecule has 0 bridgehead atoms. The maximum atomic E-state index is 11.3. The summed E-state index contributed by atoms with van der Waals surface area (Å²) in [7, 11) is 0. The second-order valence-electron chi connectivity index (χ2n) is 3.60. The molecule has 0 fully saturated rings. The predicted octanol–water partition coefficient (Wildman–Crippen LogP) is 3.34. The first-order valence-corrected chi connectivity index (χ1v) is 6.53. The van der Waals surface area contributed by atoms with Gasteiger partial charge in [-0.1, -0.05) is 13.0 Å². The Bertz CT molecular complexity index is 377. The molecule has 0 aliphatic carbocycles. The summed E-state index contributed by atoms with van der Waals surface area (Å²) >= 11 is 3.43. The Morgan fingerprint density at radius 3 is 2.71 bits per heavy atom. The lowest BCUT2D eigenvalue weighted by Gasteiger charge is -2.08. The van der Waals surface area contributed by atoms with E-state index in [4.69, 9.17) is 9.47 Å². The highest BCUT2D eigenvalue weighted by Crippen LogP contribution is 2.26. The lowest BCUT2D eigenvalue weighted by molar-refractivity contribution is -0.142. The maximum absolute atomic E-state index is 11.3. The van der Waals surface area contributed by atoms with Crippen LogP contribution in [0, 0.1) is 0 Å². The van der Waals surface area contributed by atoms with Gasteiger partial charge >= 0.3 is 5.97 Å². The van der Waals surface area contributed by atoms with E-state index in [1.54, 1.807) is 6.92 Å². The zero-order valence-electron chi connectivity index (χ0n) is 10.2. The smallest absolute Gasteiger partial charge is 0.310 e. The molecule has 0 amide bonds. The van der Waals surface area contributed by atoms with E-state index in [1.807, 2.05) is 18.2 Å². The summed E-state index contributed by atoms with van der Waals surface area (Å²) in [6.45, 7) is 4.96. The second-order valence-corrected chi connectivity index (χ2v) is 4.45. The summed E-state index contributed by atoms with van der Waals surface area (Å²) in [5.74, 6) is 0.598. The lowest BCUT2D eigenvalue weighted by Crippen LogP contribution is -2.07. The summed E-state index contributed by atoms with van der Waals surface area (Å²) in [4.78, 5) is 11.3. The van der Waals surface area contributed by atoms with E-state index in [1.165, 1.54) is 0 Å². The minimum absolute atomic E-state index is 0.207. The topological polar surface area (TPSA) is 35.5 Å². The minimum atomic E-state index is -0.207. The Kier molecular flexibility index (Phi) is 6.05. The molecule has 0 N–H and O–H groups in total. The van der Waals surface area contributed by atoms with Gasteiger partial charge < -0.3 is 9.47 Å². The number of carbonyl (C=O) groups excluding carboxylic acids is 1. The van der Waals surface area contributed by atoms with E-state index in [0.29, 0.717) is 19.6 Å². The van der Waals surface area contributed by atoms with Crippen molar-refractivity contribution in [1.82, 2.24) is 0 Å². The van der Waals surface area contributed by atoms with E-state index in [0.717, 1.165) is 22.2 Å². The molecule has 1 rings (SSSR count). The zero-order chi connectivity index (χ0) is 12.7. The van der Waals surface area contributed by atoms with Crippen molar-refractivity contribution in [2.45, 2.75) is 26.7 Å². The van der Waals surface area contributed by atoms with Crippen LogP contribution >= 0.6 is 15.9 Å². The van der Waals surface area contributed by atoms with Gasteiger partial charge in [0.2, 0.25) is 0 Å². The molecule has 4 heteroatoms. The Morgan fingerprint density at radius 2 is 2.12 bits per heavy atom. The van der Waals surface area contributed by atoms with Crippen molar-refractivity contribution in [3.8, 4) is 5.75 Å². The molecule has 0 heterocycles. The van der Waals surface area contributed by atoms with Gasteiger partial charge in [-0.2, -0.15) is 0 Å². The third kappa shape index (κ3) is 4.77. The SMILES string of the molecule is CCCOc1ccc(CC(=O)OCC)cc1Br. The van der Waals surface area contributed by atoms with E-state index >= 15 is 0 Å². The summed E-state index contributed by atoms with van der Waals surface area (Å²) in [5.41, 5.74) is 0.916. The number of benzene rings is 1. The summed E-state index contributed by atoms with van der Waals surface area (Å²) in [5, 5.41) is 0. The predicted molar refractivity (Wildman–Crippen MR) is 70.3 cm³/mol. The van der Waals surface area contributed by atoms with Crippen molar-refractivity contribution in [2.75, 3.05) is 13.2 Å². The molecule has 0 atom stereocenters. The summed E-state index contributed by atoms with van der Waals surface area (Å²) in [6, 6.07) is 5.64. The molecular formula is C13H17BrO3. The first kappa shape index (κ1) is 14.0. The van der Waals surface area contributed by atoms with Crippen LogP contribution < -0.4 is 4.74 Å². The van der Waals surface area contributed by atoms with Gasteiger partial charge in [0, 0.05) is 0 Å². The molecule has 0 aromatic heterocycles. The Morgan fingerprint density at radius 1 is 1.35 bits per heavy atom. The van der Waals surface area contributed by atoms with Crippen LogP contribution in [0.25, 0.3) is 0 Å². The molecule has 94 valence electrons. The number of rotatable bonds is 6. The Labute approximate surface area is 110 Å². The number of hydrogen-bond donors (Lipinski definition) is 0. The fourth-order valence-electron chi connectivity index (χ4n) is 1.36. The summed E-state index contributed by atoms with van der Waals surface area (Å²) < 4.78 is 11.3. The highest BCUT2D eigenvalue weighted by Gasteiger charge is 2.07. The molecule has 17 heavy (non-hydrogen) atoms. The van der Waals surface area contributed by atoms with Crippen LogP contribution in [0.4, 0.5) is 0 Å². The van der Waals surface area contributed by atoms with E-state index < -0.39 is 0 Å². The van der Waals surface area contributed by atoms with Gasteiger partial charge in [0.1, 0.15) is 5.75 Å². The molecule has 0 saturated carbocycles. The molecule has 0 unspecified atom stereocenters. The minimum Gasteiger partial charge on any atom is -0.492 e. The van der Waals surface area contributed by atoms with Crippen molar-refractivity contribution in [3.05, 3.63) is 28.2 Å². The molecule has 0 saturated heterocycles. The van der Waals surface area contributed by atoms with Gasteiger partial charge in [0.05, 0.1) is 24.1 Å². The Balaban J connectivity index is 2.64. The zero-order valence-corrected chi connectivity index (χ0v) is 11.7. The highest BCUT2D eigenvalue weighted by molar-refractivity contribution is 9.10. The Hall–Kier alpha value is -1.03. The van der Waals surface area contributed by atoms with E-state index in [2.05, 4.69) is 22.9 Å². The molecule has 1 aromatic rings. The van der Waals surface area contributed by atoms with Crippen molar-refractivity contribution < 1.29 is 14.3 Å². The fourth-order valence-corrected chi connectivity index (χ4v) is 1.90. The average molecular weight is 301 g/mol. The molecule has 1 aromatic carbocycles. The summed E-state index contributed by atoms with van der Waals surface area (Å²) in [6.07, 6.45) is 1.26. The van der Waals surface area contributed by atoms with Gasteiger partial charge in [-0.05, 0) is 47.0 Å². The van der Waals surface area contributed by atoms with Crippen molar-refractivity contribution in [2.24, 2.45) is 0 Å². The van der Waals surface area contributed by atoms with Gasteiger partial charge in [-0.25, -0.2) is 0 Å². The highest BCUT2D eigenvalue weighted by atomic mass is 79.9. The molecule has 0 aliphatic heterocycles. The van der Waals surface area contributed by atoms with Gasteiger partial charge in [0.15, 0.2) is 0 Å². The first-order valence-electron chi connectivity index (χ1n) is 5.74. The third-order valence-corrected chi connectivity index (χ3v) is 2.73. The molecule has 0 radical (unpaired) electrons. The first-order chi connectivity index (χ1) is 8.17. The van der Waals surface area contributed by atoms with Gasteiger partial charge in [-0.15, -0.1) is 0 Å². The number of esters is 1. The number of carbonyl (C=O) groups is 1. The van der Waals surface area contributed by atoms with Crippen LogP contribution in [0.15, 0.2) is 22.7 Å². The largest absolute Gasteiger partial charge is 0.492 e. The normalized spacial score (nSPS) is 10.1. The van der Waals surface area contributed by atoms with Crippen LogP contribution in [-0.4, -0.2) is 19.2 Å². The molecular weight excluding hydrogens is 284 g/mol. The van der Waals surface area contributed by atoms with Crippen molar-refractivity contribution in [3.63, 3.8) is 0 Å². The molecule has 3 nitrogen and oxygen atoms in total. The van der Waals surface area contributed by atoms with Crippen LogP contribution in [-0.2, 0) is 16.0 Å². The monoisotopic (exact) mass is 300 g/mol. The maximum Gasteiger partial charge on any atom is 0.310 e. The van der Waals surface area contributed by atoms with Crippen LogP contribution in [0.1, 0.15) is 25.8 Å². The second kappa shape index (κ2) is 7.33. The quantitative estimate of drug-likeness (QED) is 0.756. The average Bonchev–Trinajstić information content (AvgIpc) is 2.28. The van der Waals surface area contributed by atoms with Crippen LogP contribution in [0.3, 0.4) is 0 Å². The van der Waals surface area contributed by atoms with Gasteiger partial charge in [0.25, 0.3) is 0 Å². The lowest BCUT2D eigenvalue weighted by atomic mass is 10.1. The third-order valence-electron chi connectivity index (χ3n) is 2.11. The van der Waals surface area contributed by atoms with E-state index in [9.17, 15) is 4.79 Å². The van der Waals surface area contributed by atoms with E-state index in [-0.39, 0.29) is 5.97 Å². The van der Waals surface area contributed by atoms with Crippen molar-refractivity contribution in [1.29, 1.82) is 0 Å².